The number of benzene rings is 1. The maximum atomic E-state index is 12.7. The van der Waals surface area contributed by atoms with Gasteiger partial charge in [-0.25, -0.2) is 4.79 Å². The number of unbranched alkanes of at least 4 members (excludes halogenated alkanes) is 1. The van der Waals surface area contributed by atoms with E-state index in [1.54, 1.807) is 0 Å². The number of hydrogen-bond donors (Lipinski definition) is 2. The van der Waals surface area contributed by atoms with E-state index in [1.165, 1.54) is 16.5 Å². The number of hydrogen-bond acceptors (Lipinski definition) is 4. The van der Waals surface area contributed by atoms with Crippen molar-refractivity contribution >= 4 is 17.4 Å². The molecule has 0 radical (unpaired) electrons. The highest BCUT2D eigenvalue weighted by atomic mass is 16.2. The molecular weight excluding hydrogens is 332 g/mol. The number of aromatic amines is 1. The van der Waals surface area contributed by atoms with Crippen molar-refractivity contribution in [2.24, 2.45) is 0 Å². The first-order chi connectivity index (χ1) is 12.4. The van der Waals surface area contributed by atoms with Crippen LogP contribution in [0.25, 0.3) is 0 Å². The molecule has 0 spiro atoms. The zero-order valence-electron chi connectivity index (χ0n) is 15.5. The minimum Gasteiger partial charge on any atom is -0.383 e. The maximum absolute atomic E-state index is 12.7. The molecule has 0 aliphatic heterocycles. The van der Waals surface area contributed by atoms with E-state index in [4.69, 9.17) is 5.73 Å². The standard InChI is InChI=1S/C19H26N4O3/c1-4-5-11-23-17(20)16(18(25)21-19(23)26)22(3)15(24)12-13(2)14-9-7-6-8-10-14/h6-10,13H,4-5,11-12,20H2,1-3H3,(H,21,25,26). The summed E-state index contributed by atoms with van der Waals surface area (Å²) >= 11 is 0. The molecule has 1 atom stereocenters. The fourth-order valence-corrected chi connectivity index (χ4v) is 2.86. The number of nitrogens with zero attached hydrogens (tertiary/aromatic N) is 2. The van der Waals surface area contributed by atoms with Gasteiger partial charge in [0.1, 0.15) is 5.82 Å². The number of rotatable bonds is 7. The lowest BCUT2D eigenvalue weighted by atomic mass is 9.97. The Bertz CT molecular complexity index is 871. The maximum Gasteiger partial charge on any atom is 0.330 e. The van der Waals surface area contributed by atoms with Gasteiger partial charge in [-0.1, -0.05) is 50.6 Å². The summed E-state index contributed by atoms with van der Waals surface area (Å²) in [5, 5.41) is 0. The van der Waals surface area contributed by atoms with E-state index in [9.17, 15) is 14.4 Å². The minimum atomic E-state index is -0.650. The SMILES string of the molecule is CCCCn1c(N)c(N(C)C(=O)CC(C)c2ccccc2)c(=O)[nH]c1=O. The molecule has 1 heterocycles. The first-order valence-electron chi connectivity index (χ1n) is 8.80. The van der Waals surface area contributed by atoms with E-state index < -0.39 is 11.2 Å². The van der Waals surface area contributed by atoms with Crippen LogP contribution in [0.15, 0.2) is 39.9 Å². The molecule has 1 aromatic heterocycles. The number of aromatic nitrogens is 2. The number of amides is 1. The lowest BCUT2D eigenvalue weighted by Crippen LogP contribution is -2.39. The normalized spacial score (nSPS) is 12.0. The van der Waals surface area contributed by atoms with Crippen LogP contribution in [0.3, 0.4) is 0 Å². The zero-order chi connectivity index (χ0) is 19.3. The predicted molar refractivity (Wildman–Crippen MR) is 104 cm³/mol. The Morgan fingerprint density at radius 2 is 1.92 bits per heavy atom. The van der Waals surface area contributed by atoms with Crippen LogP contribution in [0.1, 0.15) is 44.6 Å². The molecule has 0 aliphatic rings. The molecule has 1 unspecified atom stereocenters. The molecule has 2 rings (SSSR count). The van der Waals surface area contributed by atoms with Gasteiger partial charge in [-0.15, -0.1) is 0 Å². The van der Waals surface area contributed by atoms with Crippen LogP contribution in [0.4, 0.5) is 11.5 Å². The van der Waals surface area contributed by atoms with Crippen molar-refractivity contribution in [2.45, 2.75) is 45.6 Å². The van der Waals surface area contributed by atoms with E-state index >= 15 is 0 Å². The average molecular weight is 358 g/mol. The van der Waals surface area contributed by atoms with Crippen molar-refractivity contribution in [3.05, 3.63) is 56.7 Å². The molecular formula is C19H26N4O3. The second kappa shape index (κ2) is 8.51. The molecule has 26 heavy (non-hydrogen) atoms. The Morgan fingerprint density at radius 3 is 2.54 bits per heavy atom. The third-order valence-corrected chi connectivity index (χ3v) is 4.51. The molecule has 0 saturated heterocycles. The molecule has 3 N–H and O–H groups in total. The Balaban J connectivity index is 2.28. The van der Waals surface area contributed by atoms with Crippen LogP contribution in [0.5, 0.6) is 0 Å². The summed E-state index contributed by atoms with van der Waals surface area (Å²) < 4.78 is 1.31. The molecule has 0 aliphatic carbocycles. The van der Waals surface area contributed by atoms with Crippen LogP contribution in [0.2, 0.25) is 0 Å². The van der Waals surface area contributed by atoms with Crippen molar-refractivity contribution in [3.8, 4) is 0 Å². The second-order valence-corrected chi connectivity index (χ2v) is 6.47. The van der Waals surface area contributed by atoms with Crippen molar-refractivity contribution in [2.75, 3.05) is 17.7 Å². The monoisotopic (exact) mass is 358 g/mol. The summed E-state index contributed by atoms with van der Waals surface area (Å²) in [5.74, 6) is -0.216. The Morgan fingerprint density at radius 1 is 1.27 bits per heavy atom. The van der Waals surface area contributed by atoms with Gasteiger partial charge in [-0.2, -0.15) is 0 Å². The van der Waals surface area contributed by atoms with Gasteiger partial charge in [0.2, 0.25) is 5.91 Å². The minimum absolute atomic E-state index is 0.00236. The quantitative estimate of drug-likeness (QED) is 0.791. The van der Waals surface area contributed by atoms with E-state index in [0.717, 1.165) is 18.4 Å². The Hall–Kier alpha value is -2.83. The van der Waals surface area contributed by atoms with Gasteiger partial charge in [0.05, 0.1) is 0 Å². The summed E-state index contributed by atoms with van der Waals surface area (Å²) in [7, 11) is 1.51. The van der Waals surface area contributed by atoms with Gasteiger partial charge in [-0.3, -0.25) is 19.1 Å². The van der Waals surface area contributed by atoms with Crippen LogP contribution in [0, 0.1) is 0 Å². The smallest absolute Gasteiger partial charge is 0.330 e. The number of nitrogens with one attached hydrogen (secondary N) is 1. The molecule has 0 fully saturated rings. The van der Waals surface area contributed by atoms with Crippen molar-refractivity contribution < 1.29 is 4.79 Å². The number of nitrogens with two attached hydrogens (primary N) is 1. The van der Waals surface area contributed by atoms with Crippen molar-refractivity contribution in [3.63, 3.8) is 0 Å². The van der Waals surface area contributed by atoms with Crippen molar-refractivity contribution in [1.82, 2.24) is 9.55 Å². The van der Waals surface area contributed by atoms with Gasteiger partial charge in [0.15, 0.2) is 5.69 Å². The highest BCUT2D eigenvalue weighted by molar-refractivity contribution is 5.95. The largest absolute Gasteiger partial charge is 0.383 e. The third-order valence-electron chi connectivity index (χ3n) is 4.51. The summed E-state index contributed by atoms with van der Waals surface area (Å²) in [6.45, 7) is 4.35. The molecule has 7 nitrogen and oxygen atoms in total. The number of anilines is 2. The number of nitrogen functional groups attached to an aromatic ring is 1. The third kappa shape index (κ3) is 4.22. The van der Waals surface area contributed by atoms with E-state index in [2.05, 4.69) is 4.98 Å². The van der Waals surface area contributed by atoms with Crippen LogP contribution < -0.4 is 21.9 Å². The fraction of sp³-hybridized carbons (Fsp3) is 0.421. The van der Waals surface area contributed by atoms with Crippen LogP contribution in [-0.4, -0.2) is 22.5 Å². The van der Waals surface area contributed by atoms with Gasteiger partial charge in [0.25, 0.3) is 5.56 Å². The highest BCUT2D eigenvalue weighted by Crippen LogP contribution is 2.22. The summed E-state index contributed by atoms with van der Waals surface area (Å²) in [6.07, 6.45) is 1.86. The number of H-pyrrole nitrogens is 1. The van der Waals surface area contributed by atoms with E-state index in [1.807, 2.05) is 44.2 Å². The lowest BCUT2D eigenvalue weighted by molar-refractivity contribution is -0.118. The van der Waals surface area contributed by atoms with Gasteiger partial charge in [0, 0.05) is 20.0 Å². The molecule has 140 valence electrons. The van der Waals surface area contributed by atoms with E-state index in [-0.39, 0.29) is 29.8 Å². The molecule has 0 bridgehead atoms. The van der Waals surface area contributed by atoms with Crippen LogP contribution >= 0.6 is 0 Å². The topological polar surface area (TPSA) is 101 Å². The number of carbonyl (C=O) groups is 1. The van der Waals surface area contributed by atoms with Gasteiger partial charge in [-0.05, 0) is 17.9 Å². The highest BCUT2D eigenvalue weighted by Gasteiger charge is 2.22. The molecule has 2 aromatic rings. The van der Waals surface area contributed by atoms with Crippen molar-refractivity contribution in [1.29, 1.82) is 0 Å². The van der Waals surface area contributed by atoms with Gasteiger partial charge >= 0.3 is 5.69 Å². The predicted octanol–water partition coefficient (Wildman–Crippen LogP) is 2.08. The average Bonchev–Trinajstić information content (AvgIpc) is 2.61. The van der Waals surface area contributed by atoms with Gasteiger partial charge < -0.3 is 10.6 Å². The van der Waals surface area contributed by atoms with E-state index in [0.29, 0.717) is 6.54 Å². The lowest BCUT2D eigenvalue weighted by Gasteiger charge is -2.22. The Kier molecular flexibility index (Phi) is 6.38. The Labute approximate surface area is 152 Å². The first-order valence-corrected chi connectivity index (χ1v) is 8.80. The summed E-state index contributed by atoms with van der Waals surface area (Å²) in [6, 6.07) is 9.69. The number of carbonyl (C=O) groups excluding carboxylic acids is 1. The zero-order valence-corrected chi connectivity index (χ0v) is 15.5. The molecule has 1 amide bonds. The molecule has 1 aromatic carbocycles. The molecule has 0 saturated carbocycles. The summed E-state index contributed by atoms with van der Waals surface area (Å²) in [4.78, 5) is 40.4. The second-order valence-electron chi connectivity index (χ2n) is 6.47. The fourth-order valence-electron chi connectivity index (χ4n) is 2.86. The first kappa shape index (κ1) is 19.5. The summed E-state index contributed by atoms with van der Waals surface area (Å²) in [5.41, 5.74) is 5.92. The molecule has 7 heteroatoms. The van der Waals surface area contributed by atoms with Crippen LogP contribution in [-0.2, 0) is 11.3 Å².